The predicted molar refractivity (Wildman–Crippen MR) is 67.8 cm³/mol. The lowest BCUT2D eigenvalue weighted by molar-refractivity contribution is 0.634. The predicted octanol–water partition coefficient (Wildman–Crippen LogP) is 1.74. The van der Waals surface area contributed by atoms with Crippen molar-refractivity contribution in [1.29, 1.82) is 0 Å². The monoisotopic (exact) mass is 230 g/mol. The first-order valence-electron chi connectivity index (χ1n) is 5.71. The fraction of sp³-hybridized carbons (Fsp3) is 0.385. The lowest BCUT2D eigenvalue weighted by Gasteiger charge is -2.15. The molecule has 0 radical (unpaired) electrons. The molecule has 0 bridgehead atoms. The van der Waals surface area contributed by atoms with E-state index in [-0.39, 0.29) is 6.04 Å². The van der Waals surface area contributed by atoms with E-state index in [1.807, 2.05) is 37.2 Å². The van der Waals surface area contributed by atoms with Gasteiger partial charge in [0.1, 0.15) is 0 Å². The van der Waals surface area contributed by atoms with Crippen molar-refractivity contribution in [1.82, 2.24) is 20.1 Å². The number of rotatable bonds is 3. The van der Waals surface area contributed by atoms with E-state index in [4.69, 9.17) is 0 Å². The van der Waals surface area contributed by atoms with Crippen LogP contribution in [0.2, 0.25) is 0 Å². The Bertz CT molecular complexity index is 496. The van der Waals surface area contributed by atoms with E-state index in [0.29, 0.717) is 0 Å². The molecule has 1 N–H and O–H groups in total. The summed E-state index contributed by atoms with van der Waals surface area (Å²) in [5.74, 6) is 0. The smallest absolute Gasteiger partial charge is 0.0842 e. The summed E-state index contributed by atoms with van der Waals surface area (Å²) < 4.78 is 1.89. The Morgan fingerprint density at radius 3 is 2.65 bits per heavy atom. The van der Waals surface area contributed by atoms with Gasteiger partial charge in [0.25, 0.3) is 0 Å². The second kappa shape index (κ2) is 4.67. The minimum atomic E-state index is 0.101. The standard InChI is InChI=1S/C13H18N4/c1-9-5-6-15-8-11(9)13(14-3)12-7-10(2)17(4)16-12/h5-8,13-14H,1-4H3. The molecule has 2 aromatic heterocycles. The number of hydrogen-bond donors (Lipinski definition) is 1. The number of pyridine rings is 1. The molecule has 1 unspecified atom stereocenters. The Labute approximate surface area is 102 Å². The summed E-state index contributed by atoms with van der Waals surface area (Å²) in [5.41, 5.74) is 4.58. The van der Waals surface area contributed by atoms with Gasteiger partial charge in [-0.3, -0.25) is 9.67 Å². The van der Waals surface area contributed by atoms with E-state index in [1.165, 1.54) is 11.1 Å². The molecule has 0 fully saturated rings. The van der Waals surface area contributed by atoms with Gasteiger partial charge in [-0.2, -0.15) is 5.10 Å². The van der Waals surface area contributed by atoms with Gasteiger partial charge in [-0.1, -0.05) is 0 Å². The molecule has 0 spiro atoms. The van der Waals surface area contributed by atoms with Gasteiger partial charge in [0.15, 0.2) is 0 Å². The largest absolute Gasteiger partial charge is 0.308 e. The molecule has 90 valence electrons. The van der Waals surface area contributed by atoms with Gasteiger partial charge in [0.05, 0.1) is 11.7 Å². The van der Waals surface area contributed by atoms with Crippen LogP contribution in [0.15, 0.2) is 24.5 Å². The highest BCUT2D eigenvalue weighted by Gasteiger charge is 2.17. The van der Waals surface area contributed by atoms with Crippen LogP contribution in [0.1, 0.15) is 28.6 Å². The maximum absolute atomic E-state index is 4.53. The second-order valence-electron chi connectivity index (χ2n) is 4.29. The molecule has 0 saturated heterocycles. The molecule has 1 atom stereocenters. The number of aryl methyl sites for hydroxylation is 3. The van der Waals surface area contributed by atoms with Crippen molar-refractivity contribution < 1.29 is 0 Å². The van der Waals surface area contributed by atoms with Crippen LogP contribution in [0.5, 0.6) is 0 Å². The molecular weight excluding hydrogens is 212 g/mol. The number of aromatic nitrogens is 3. The van der Waals surface area contributed by atoms with Crippen LogP contribution in [0.3, 0.4) is 0 Å². The topological polar surface area (TPSA) is 42.7 Å². The molecule has 4 nitrogen and oxygen atoms in total. The van der Waals surface area contributed by atoms with Crippen molar-refractivity contribution >= 4 is 0 Å². The van der Waals surface area contributed by atoms with E-state index in [1.54, 1.807) is 0 Å². The summed E-state index contributed by atoms with van der Waals surface area (Å²) >= 11 is 0. The van der Waals surface area contributed by atoms with Gasteiger partial charge >= 0.3 is 0 Å². The molecule has 2 aromatic rings. The van der Waals surface area contributed by atoms with Crippen molar-refractivity contribution in [3.8, 4) is 0 Å². The Hall–Kier alpha value is -1.68. The average Bonchev–Trinajstić information content (AvgIpc) is 2.63. The maximum Gasteiger partial charge on any atom is 0.0842 e. The van der Waals surface area contributed by atoms with Crippen LogP contribution in [-0.2, 0) is 7.05 Å². The van der Waals surface area contributed by atoms with Crippen LogP contribution in [-0.4, -0.2) is 21.8 Å². The first-order valence-corrected chi connectivity index (χ1v) is 5.71. The third-order valence-electron chi connectivity index (χ3n) is 3.11. The second-order valence-corrected chi connectivity index (χ2v) is 4.29. The van der Waals surface area contributed by atoms with Crippen molar-refractivity contribution in [3.05, 3.63) is 47.0 Å². The number of nitrogens with zero attached hydrogens (tertiary/aromatic N) is 3. The Balaban J connectivity index is 2.44. The van der Waals surface area contributed by atoms with Gasteiger partial charge in [0, 0.05) is 25.1 Å². The van der Waals surface area contributed by atoms with Gasteiger partial charge < -0.3 is 5.32 Å². The van der Waals surface area contributed by atoms with Crippen LogP contribution in [0, 0.1) is 13.8 Å². The quantitative estimate of drug-likeness (QED) is 0.873. The normalized spacial score (nSPS) is 12.7. The van der Waals surface area contributed by atoms with E-state index in [2.05, 4.69) is 35.3 Å². The zero-order valence-corrected chi connectivity index (χ0v) is 10.7. The highest BCUT2D eigenvalue weighted by atomic mass is 15.3. The lowest BCUT2D eigenvalue weighted by Crippen LogP contribution is -2.19. The Kier molecular flexibility index (Phi) is 3.24. The van der Waals surface area contributed by atoms with E-state index < -0.39 is 0 Å². The van der Waals surface area contributed by atoms with Crippen LogP contribution < -0.4 is 5.32 Å². The molecule has 2 rings (SSSR count). The molecule has 0 aliphatic rings. The summed E-state index contributed by atoms with van der Waals surface area (Å²) in [6.45, 7) is 4.15. The average molecular weight is 230 g/mol. The zero-order valence-electron chi connectivity index (χ0n) is 10.7. The van der Waals surface area contributed by atoms with Crippen molar-refractivity contribution in [2.75, 3.05) is 7.05 Å². The molecule has 2 heterocycles. The van der Waals surface area contributed by atoms with Crippen molar-refractivity contribution in [2.24, 2.45) is 7.05 Å². The first-order chi connectivity index (χ1) is 8.13. The van der Waals surface area contributed by atoms with Crippen molar-refractivity contribution in [3.63, 3.8) is 0 Å². The Morgan fingerprint density at radius 1 is 1.35 bits per heavy atom. The third-order valence-corrected chi connectivity index (χ3v) is 3.11. The fourth-order valence-electron chi connectivity index (χ4n) is 1.97. The minimum absolute atomic E-state index is 0.101. The SMILES string of the molecule is CNC(c1cc(C)n(C)n1)c1cnccc1C. The Morgan fingerprint density at radius 2 is 2.12 bits per heavy atom. The highest BCUT2D eigenvalue weighted by Crippen LogP contribution is 2.23. The van der Waals surface area contributed by atoms with Crippen LogP contribution in [0.25, 0.3) is 0 Å². The summed E-state index contributed by atoms with van der Waals surface area (Å²) in [6.07, 6.45) is 3.72. The van der Waals surface area contributed by atoms with Crippen LogP contribution in [0.4, 0.5) is 0 Å². The van der Waals surface area contributed by atoms with Gasteiger partial charge in [-0.25, -0.2) is 0 Å². The van der Waals surface area contributed by atoms with Gasteiger partial charge in [-0.05, 0) is 44.2 Å². The summed E-state index contributed by atoms with van der Waals surface area (Å²) in [4.78, 5) is 4.19. The van der Waals surface area contributed by atoms with E-state index in [9.17, 15) is 0 Å². The zero-order chi connectivity index (χ0) is 12.4. The first kappa shape index (κ1) is 11.8. The molecule has 0 aliphatic heterocycles. The lowest BCUT2D eigenvalue weighted by atomic mass is 10.0. The van der Waals surface area contributed by atoms with Crippen molar-refractivity contribution in [2.45, 2.75) is 19.9 Å². The third kappa shape index (κ3) is 2.22. The fourth-order valence-corrected chi connectivity index (χ4v) is 1.97. The van der Waals surface area contributed by atoms with Gasteiger partial charge in [-0.15, -0.1) is 0 Å². The molecule has 0 saturated carbocycles. The molecule has 0 amide bonds. The molecule has 17 heavy (non-hydrogen) atoms. The summed E-state index contributed by atoms with van der Waals surface area (Å²) in [5, 5.41) is 7.83. The number of nitrogens with one attached hydrogen (secondary N) is 1. The maximum atomic E-state index is 4.53. The summed E-state index contributed by atoms with van der Waals surface area (Å²) in [6, 6.07) is 4.23. The number of hydrogen-bond acceptors (Lipinski definition) is 3. The minimum Gasteiger partial charge on any atom is -0.308 e. The van der Waals surface area contributed by atoms with E-state index >= 15 is 0 Å². The summed E-state index contributed by atoms with van der Waals surface area (Å²) in [7, 11) is 3.91. The van der Waals surface area contributed by atoms with Crippen LogP contribution >= 0.6 is 0 Å². The molecule has 0 aromatic carbocycles. The molecule has 0 aliphatic carbocycles. The highest BCUT2D eigenvalue weighted by molar-refractivity contribution is 5.32. The molecular formula is C13H18N4. The van der Waals surface area contributed by atoms with Gasteiger partial charge in [0.2, 0.25) is 0 Å². The molecule has 4 heteroatoms. The van der Waals surface area contributed by atoms with E-state index in [0.717, 1.165) is 11.4 Å².